The summed E-state index contributed by atoms with van der Waals surface area (Å²) in [6, 6.07) is 17.1. The molecule has 45 heavy (non-hydrogen) atoms. The summed E-state index contributed by atoms with van der Waals surface area (Å²) in [4.78, 5) is 28.8. The van der Waals surface area contributed by atoms with Crippen molar-refractivity contribution in [3.05, 3.63) is 82.4 Å². The number of amides is 1. The number of hydrogen-bond acceptors (Lipinski definition) is 6. The molecule has 1 amide bonds. The summed E-state index contributed by atoms with van der Waals surface area (Å²) in [5.41, 5.74) is 5.95. The predicted octanol–water partition coefficient (Wildman–Crippen LogP) is 6.94. The number of carboxylic acid groups (broad SMARTS) is 1. The number of benzene rings is 3. The number of aliphatic carboxylic acids is 1. The van der Waals surface area contributed by atoms with Gasteiger partial charge in [0, 0.05) is 24.2 Å². The molecular formula is C37H46N2O6. The lowest BCUT2D eigenvalue weighted by Gasteiger charge is -2.27. The largest absolute Gasteiger partial charge is 0.494 e. The number of unbranched alkanes of at least 4 members (excludes halogenated alkanes) is 2. The minimum Gasteiger partial charge on any atom is -0.494 e. The highest BCUT2D eigenvalue weighted by atomic mass is 16.6. The van der Waals surface area contributed by atoms with Gasteiger partial charge < -0.3 is 24.6 Å². The van der Waals surface area contributed by atoms with Gasteiger partial charge in [0.15, 0.2) is 11.5 Å². The van der Waals surface area contributed by atoms with E-state index in [1.54, 1.807) is 0 Å². The highest BCUT2D eigenvalue weighted by molar-refractivity contribution is 5.94. The molecule has 3 aromatic carbocycles. The van der Waals surface area contributed by atoms with Crippen molar-refractivity contribution in [2.24, 2.45) is 5.92 Å². The van der Waals surface area contributed by atoms with Gasteiger partial charge >= 0.3 is 5.97 Å². The topological polar surface area (TPSA) is 97.3 Å². The quantitative estimate of drug-likeness (QED) is 0.201. The van der Waals surface area contributed by atoms with Crippen LogP contribution in [0, 0.1) is 12.8 Å². The van der Waals surface area contributed by atoms with Crippen LogP contribution in [0.1, 0.15) is 79.8 Å². The monoisotopic (exact) mass is 614 g/mol. The molecule has 8 nitrogen and oxygen atoms in total. The number of nitrogens with one attached hydrogen (secondary N) is 1. The van der Waals surface area contributed by atoms with Crippen LogP contribution >= 0.6 is 0 Å². The van der Waals surface area contributed by atoms with Crippen LogP contribution in [0.4, 0.5) is 5.69 Å². The van der Waals surface area contributed by atoms with Crippen molar-refractivity contribution in [3.63, 3.8) is 0 Å². The zero-order chi connectivity index (χ0) is 31.9. The molecule has 0 spiro atoms. The lowest BCUT2D eigenvalue weighted by Crippen LogP contribution is -2.35. The first-order chi connectivity index (χ1) is 21.8. The molecule has 0 aromatic heterocycles. The molecule has 2 N–H and O–H groups in total. The Morgan fingerprint density at radius 3 is 2.22 bits per heavy atom. The van der Waals surface area contributed by atoms with E-state index in [4.69, 9.17) is 14.2 Å². The molecule has 8 heteroatoms. The smallest absolute Gasteiger partial charge is 0.309 e. The number of ether oxygens (including phenoxy) is 3. The fourth-order valence-electron chi connectivity index (χ4n) is 6.75. The minimum atomic E-state index is -0.900. The van der Waals surface area contributed by atoms with Crippen LogP contribution in [0.5, 0.6) is 17.2 Å². The van der Waals surface area contributed by atoms with E-state index < -0.39 is 17.9 Å². The third-order valence-electron chi connectivity index (χ3n) is 8.93. The van der Waals surface area contributed by atoms with Gasteiger partial charge in [-0.15, -0.1) is 0 Å². The Hall–Kier alpha value is -4.04. The number of hydrogen-bond donors (Lipinski definition) is 2. The molecule has 0 radical (unpaired) electrons. The molecule has 0 unspecified atom stereocenters. The number of likely N-dealkylation sites (tertiary alicyclic amines) is 1. The number of carbonyl (C=O) groups excluding carboxylic acids is 1. The van der Waals surface area contributed by atoms with Gasteiger partial charge in [0.05, 0.1) is 19.1 Å². The average Bonchev–Trinajstić information content (AvgIpc) is 3.42. The van der Waals surface area contributed by atoms with Crippen molar-refractivity contribution in [2.45, 2.75) is 71.8 Å². The molecule has 0 saturated carbocycles. The van der Waals surface area contributed by atoms with E-state index in [9.17, 15) is 14.7 Å². The molecular weight excluding hydrogens is 568 g/mol. The first-order valence-corrected chi connectivity index (χ1v) is 16.3. The first kappa shape index (κ1) is 32.4. The maximum atomic E-state index is 13.7. The maximum Gasteiger partial charge on any atom is 0.309 e. The summed E-state index contributed by atoms with van der Waals surface area (Å²) in [6.45, 7) is 10.5. The van der Waals surface area contributed by atoms with Gasteiger partial charge in [0.2, 0.25) is 5.91 Å². The van der Waals surface area contributed by atoms with E-state index in [1.807, 2.05) is 47.4 Å². The molecule has 240 valence electrons. The maximum absolute atomic E-state index is 13.7. The van der Waals surface area contributed by atoms with Crippen LogP contribution in [-0.2, 0) is 22.4 Å². The molecule has 2 heterocycles. The second-order valence-corrected chi connectivity index (χ2v) is 12.1. The summed E-state index contributed by atoms with van der Waals surface area (Å²) < 4.78 is 17.5. The molecule has 0 aliphatic carbocycles. The van der Waals surface area contributed by atoms with Crippen molar-refractivity contribution >= 4 is 17.6 Å². The molecule has 0 bridgehead atoms. The Bertz CT molecular complexity index is 1460. The van der Waals surface area contributed by atoms with Crippen molar-refractivity contribution in [1.29, 1.82) is 0 Å². The SMILES string of the molecule is CCCCCOc1ccc([C@H]2[C@H](C(=O)O)[C@@H](c3ccc4c(c3)OCCO4)CN2CC(=O)Nc2c(CC)cc(C)cc2CC)cc1. The van der Waals surface area contributed by atoms with E-state index in [0.717, 1.165) is 65.8 Å². The number of nitrogens with zero attached hydrogens (tertiary/aromatic N) is 1. The predicted molar refractivity (Wildman–Crippen MR) is 176 cm³/mol. The fourth-order valence-corrected chi connectivity index (χ4v) is 6.75. The van der Waals surface area contributed by atoms with Gasteiger partial charge in [-0.3, -0.25) is 14.5 Å². The molecule has 3 aromatic rings. The van der Waals surface area contributed by atoms with Crippen molar-refractivity contribution in [1.82, 2.24) is 4.90 Å². The van der Waals surface area contributed by atoms with E-state index in [1.165, 1.54) is 5.56 Å². The summed E-state index contributed by atoms with van der Waals surface area (Å²) in [5, 5.41) is 13.9. The highest BCUT2D eigenvalue weighted by Gasteiger charge is 2.48. The molecule has 2 aliphatic heterocycles. The standard InChI is InChI=1S/C37H46N2O6/c1-5-8-9-16-43-29-13-10-27(11-14-29)36-34(37(41)42)30(28-12-15-31-32(21-28)45-18-17-44-31)22-39(36)23-33(40)38-35-25(6-2)19-24(4)20-26(35)7-3/h10-15,19-21,30,34,36H,5-9,16-18,22-23H2,1-4H3,(H,38,40)(H,41,42)/t30-,34-,36+/m1/s1. The summed E-state index contributed by atoms with van der Waals surface area (Å²) >= 11 is 0. The van der Waals surface area contributed by atoms with Crippen LogP contribution in [0.15, 0.2) is 54.6 Å². The summed E-state index contributed by atoms with van der Waals surface area (Å²) in [6.07, 6.45) is 4.83. The van der Waals surface area contributed by atoms with Crippen molar-refractivity contribution in [3.8, 4) is 17.2 Å². The Balaban J connectivity index is 1.45. The third-order valence-corrected chi connectivity index (χ3v) is 8.93. The van der Waals surface area contributed by atoms with Crippen LogP contribution in [0.3, 0.4) is 0 Å². The van der Waals surface area contributed by atoms with E-state index in [2.05, 4.69) is 45.1 Å². The van der Waals surface area contributed by atoms with E-state index in [0.29, 0.717) is 37.9 Å². The van der Waals surface area contributed by atoms with Gasteiger partial charge in [-0.25, -0.2) is 0 Å². The van der Waals surface area contributed by atoms with Gasteiger partial charge in [-0.2, -0.15) is 0 Å². The highest BCUT2D eigenvalue weighted by Crippen LogP contribution is 2.47. The van der Waals surface area contributed by atoms with Crippen LogP contribution < -0.4 is 19.5 Å². The molecule has 1 saturated heterocycles. The summed E-state index contributed by atoms with van der Waals surface area (Å²) in [7, 11) is 0. The van der Waals surface area contributed by atoms with Crippen LogP contribution in [-0.4, -0.2) is 54.8 Å². The van der Waals surface area contributed by atoms with E-state index >= 15 is 0 Å². The van der Waals surface area contributed by atoms with Gasteiger partial charge in [0.25, 0.3) is 0 Å². The number of anilines is 1. The number of rotatable bonds is 13. The Morgan fingerprint density at radius 2 is 1.58 bits per heavy atom. The van der Waals surface area contributed by atoms with Gasteiger partial charge in [0.1, 0.15) is 19.0 Å². The van der Waals surface area contributed by atoms with Crippen LogP contribution in [0.2, 0.25) is 0 Å². The van der Waals surface area contributed by atoms with Gasteiger partial charge in [-0.1, -0.05) is 69.5 Å². The molecule has 5 rings (SSSR count). The van der Waals surface area contributed by atoms with E-state index in [-0.39, 0.29) is 18.4 Å². The number of carboxylic acids is 1. The fraction of sp³-hybridized carbons (Fsp3) is 0.459. The Kier molecular flexibility index (Phi) is 10.7. The zero-order valence-corrected chi connectivity index (χ0v) is 26.9. The normalized spacial score (nSPS) is 19.3. The van der Waals surface area contributed by atoms with Crippen molar-refractivity contribution < 1.29 is 28.9 Å². The molecule has 3 atom stereocenters. The number of fused-ring (bicyclic) bond motifs is 1. The number of aryl methyl sites for hydroxylation is 3. The molecule has 1 fully saturated rings. The third kappa shape index (κ3) is 7.44. The summed E-state index contributed by atoms with van der Waals surface area (Å²) in [5.74, 6) is -0.163. The Morgan fingerprint density at radius 1 is 0.911 bits per heavy atom. The second-order valence-electron chi connectivity index (χ2n) is 12.1. The first-order valence-electron chi connectivity index (χ1n) is 16.3. The average molecular weight is 615 g/mol. The minimum absolute atomic E-state index is 0.0605. The molecule has 2 aliphatic rings. The van der Waals surface area contributed by atoms with Crippen LogP contribution in [0.25, 0.3) is 0 Å². The lowest BCUT2D eigenvalue weighted by atomic mass is 9.82. The zero-order valence-electron chi connectivity index (χ0n) is 26.9. The second kappa shape index (κ2) is 14.8. The lowest BCUT2D eigenvalue weighted by molar-refractivity contribution is -0.143. The Labute approximate surface area is 266 Å². The number of carbonyl (C=O) groups is 2. The van der Waals surface area contributed by atoms with Crippen molar-refractivity contribution in [2.75, 3.05) is 38.2 Å². The van der Waals surface area contributed by atoms with Gasteiger partial charge in [-0.05, 0) is 72.7 Å².